The molecule has 0 rings (SSSR count). The number of hydrogen-bond acceptors (Lipinski definition) is 1. The Morgan fingerprint density at radius 2 is 1.21 bits per heavy atom. The van der Waals surface area contributed by atoms with Crippen LogP contribution in [0.2, 0.25) is 13.3 Å². The molecule has 0 radical (unpaired) electrons. The van der Waals surface area contributed by atoms with E-state index in [1.807, 2.05) is 0 Å². The molecule has 0 amide bonds. The zero-order valence-electron chi connectivity index (χ0n) is 24.5. The van der Waals surface area contributed by atoms with Crippen LogP contribution >= 0.6 is 0 Å². The number of hydrogen-bond donors (Lipinski definition) is 0. The fourth-order valence-electron chi connectivity index (χ4n) is 4.86. The molecule has 0 saturated carbocycles. The van der Waals surface area contributed by atoms with Crippen LogP contribution in [0.4, 0.5) is 0 Å². The van der Waals surface area contributed by atoms with Gasteiger partial charge in [-0.25, -0.2) is 0 Å². The van der Waals surface area contributed by atoms with Gasteiger partial charge in [-0.05, 0) is 6.92 Å². The van der Waals surface area contributed by atoms with Gasteiger partial charge in [-0.1, -0.05) is 0 Å². The number of Topliss-reactive ketones (excluding diaryl/α,β-unsaturated/α-hetero) is 1. The first kappa shape index (κ1) is 33.7. The molecule has 0 aromatic rings. The van der Waals surface area contributed by atoms with Crippen molar-refractivity contribution in [2.45, 2.75) is 146 Å². The third-order valence-electron chi connectivity index (χ3n) is 7.53. The number of ketones is 1. The monoisotopic (exact) mass is 580 g/mol. The minimum absolute atomic E-state index is 0.288. The van der Waals surface area contributed by atoms with Crippen molar-refractivity contribution in [2.24, 2.45) is 11.8 Å². The molecule has 2 heteroatoms. The van der Waals surface area contributed by atoms with Gasteiger partial charge in [0.2, 0.25) is 0 Å². The summed E-state index contributed by atoms with van der Waals surface area (Å²) in [7, 11) is 0. The Morgan fingerprint density at radius 3 is 1.65 bits per heavy atom. The summed E-state index contributed by atoms with van der Waals surface area (Å²) in [5, 5.41) is 0. The predicted molar refractivity (Wildman–Crippen MR) is 158 cm³/mol. The third kappa shape index (κ3) is 17.2. The van der Waals surface area contributed by atoms with Gasteiger partial charge in [-0.15, -0.1) is 0 Å². The maximum atomic E-state index is 11.1. The molecule has 0 aromatic carbocycles. The quantitative estimate of drug-likeness (QED) is 0.0977. The van der Waals surface area contributed by atoms with Crippen LogP contribution in [-0.2, 0) is 4.79 Å². The second-order valence-electron chi connectivity index (χ2n) is 11.4. The van der Waals surface area contributed by atoms with Gasteiger partial charge in [0.25, 0.3) is 0 Å². The molecule has 198 valence electrons. The molecule has 0 N–H and O–H groups in total. The van der Waals surface area contributed by atoms with Gasteiger partial charge in [0.15, 0.2) is 0 Å². The van der Waals surface area contributed by atoms with E-state index in [0.29, 0.717) is 6.42 Å². The summed E-state index contributed by atoms with van der Waals surface area (Å²) in [4.78, 5) is 11.1. The summed E-state index contributed by atoms with van der Waals surface area (Å²) in [6.07, 6.45) is 22.2. The van der Waals surface area contributed by atoms with Crippen LogP contribution in [0.25, 0.3) is 0 Å². The summed E-state index contributed by atoms with van der Waals surface area (Å²) in [5.41, 5.74) is 2.97. The first-order valence-electron chi connectivity index (χ1n) is 14.7. The van der Waals surface area contributed by atoms with Crippen LogP contribution in [0.1, 0.15) is 132 Å². The molecule has 1 atom stereocenters. The summed E-state index contributed by atoms with van der Waals surface area (Å²) in [5.74, 6) is 1.73. The second kappa shape index (κ2) is 20.8. The Bertz CT molecular complexity index is 589. The van der Waals surface area contributed by atoms with Gasteiger partial charge in [0.05, 0.1) is 0 Å². The fourth-order valence-corrected chi connectivity index (χ4v) is 19.4. The van der Waals surface area contributed by atoms with E-state index in [1.54, 1.807) is 25.8 Å². The van der Waals surface area contributed by atoms with Crippen LogP contribution in [0.5, 0.6) is 0 Å². The van der Waals surface area contributed by atoms with Gasteiger partial charge in [0, 0.05) is 6.42 Å². The second-order valence-corrected chi connectivity index (χ2v) is 24.4. The van der Waals surface area contributed by atoms with E-state index in [1.165, 1.54) is 56.9 Å². The van der Waals surface area contributed by atoms with Gasteiger partial charge >= 0.3 is 196 Å². The third-order valence-corrected chi connectivity index (χ3v) is 21.7. The van der Waals surface area contributed by atoms with E-state index in [2.05, 4.69) is 70.8 Å². The Hall–Kier alpha value is -0.311. The summed E-state index contributed by atoms with van der Waals surface area (Å²) in [6, 6.07) is 0. The van der Waals surface area contributed by atoms with E-state index in [0.717, 1.165) is 31.1 Å². The average Bonchev–Trinajstić information content (AvgIpc) is 2.79. The van der Waals surface area contributed by atoms with Crippen molar-refractivity contribution in [1.82, 2.24) is 0 Å². The number of rotatable bonds is 21. The molecule has 0 aliphatic heterocycles. The number of carbonyl (C=O) groups excluding carboxylic acids is 1. The molecule has 34 heavy (non-hydrogen) atoms. The Morgan fingerprint density at radius 1 is 0.735 bits per heavy atom. The molecular formula is C32H60OSn. The van der Waals surface area contributed by atoms with E-state index in [-0.39, 0.29) is 5.78 Å². The average molecular weight is 580 g/mol. The number of unbranched alkanes of at least 4 members (excludes halogenated alkanes) is 3. The predicted octanol–water partition coefficient (Wildman–Crippen LogP) is 11.0. The van der Waals surface area contributed by atoms with Crippen LogP contribution in [0.3, 0.4) is 0 Å². The maximum absolute atomic E-state index is 11.1. The topological polar surface area (TPSA) is 17.1 Å². The molecular weight excluding hydrogens is 519 g/mol. The molecule has 0 unspecified atom stereocenters. The molecule has 0 heterocycles. The zero-order valence-corrected chi connectivity index (χ0v) is 27.3. The Kier molecular flexibility index (Phi) is 20.6. The summed E-state index contributed by atoms with van der Waals surface area (Å²) in [6.45, 7) is 18.2. The fraction of sp³-hybridized carbons (Fsp3) is 0.781. The van der Waals surface area contributed by atoms with E-state index in [9.17, 15) is 4.79 Å². The first-order chi connectivity index (χ1) is 16.2. The first-order valence-corrected chi connectivity index (χ1v) is 22.4. The van der Waals surface area contributed by atoms with Gasteiger partial charge < -0.3 is 4.79 Å². The molecule has 0 fully saturated rings. The Labute approximate surface area is 219 Å². The SMILES string of the molecule is CCC[CH2][Sn](/[CH]=C/[C@@H](CC/C(C)=C/CC/C(C)=C/CCC(C)=O)C(C)C)([CH2]CCC)[CH2]CCC. The van der Waals surface area contributed by atoms with Crippen LogP contribution in [0, 0.1) is 11.8 Å². The summed E-state index contributed by atoms with van der Waals surface area (Å²) < 4.78 is 7.62. The van der Waals surface area contributed by atoms with Crippen molar-refractivity contribution in [3.8, 4) is 0 Å². The minimum atomic E-state index is -2.18. The van der Waals surface area contributed by atoms with E-state index in [4.69, 9.17) is 0 Å². The van der Waals surface area contributed by atoms with Crippen molar-refractivity contribution in [3.63, 3.8) is 0 Å². The molecule has 1 nitrogen and oxygen atoms in total. The Balaban J connectivity index is 5.04. The van der Waals surface area contributed by atoms with Crippen LogP contribution in [0.15, 0.2) is 33.5 Å². The molecule has 0 bridgehead atoms. The van der Waals surface area contributed by atoms with Gasteiger partial charge in [0.1, 0.15) is 5.78 Å². The van der Waals surface area contributed by atoms with Crippen molar-refractivity contribution in [2.75, 3.05) is 0 Å². The number of carbonyl (C=O) groups is 1. The van der Waals surface area contributed by atoms with Gasteiger partial charge in [-0.3, -0.25) is 0 Å². The molecule has 0 saturated heterocycles. The van der Waals surface area contributed by atoms with E-state index >= 15 is 0 Å². The van der Waals surface area contributed by atoms with Crippen molar-refractivity contribution < 1.29 is 4.79 Å². The molecule has 0 spiro atoms. The standard InChI is InChI=1S/C20H33O.3C4H9.Sn/c1-7-20(16(2)3)15-14-18(5)11-8-10-17(4)12-9-13-19(6)21;3*1-3-4-2;/h1,7,11-12,16,20H,8-10,13-15H2,2-6H3;3*1,3-4H2,2H3;/b7-1?,17-12+,18-11+;;;;/t20-;;;;/m0..../s1. The molecule has 0 aromatic heterocycles. The normalized spacial score (nSPS) is 14.4. The van der Waals surface area contributed by atoms with Gasteiger partial charge in [-0.2, -0.15) is 0 Å². The summed E-state index contributed by atoms with van der Waals surface area (Å²) >= 11 is -2.18. The molecule has 0 aliphatic carbocycles. The van der Waals surface area contributed by atoms with Crippen molar-refractivity contribution in [3.05, 3.63) is 33.5 Å². The van der Waals surface area contributed by atoms with Crippen LogP contribution in [-0.4, -0.2) is 24.2 Å². The van der Waals surface area contributed by atoms with E-state index < -0.39 is 18.4 Å². The van der Waals surface area contributed by atoms with Crippen LogP contribution < -0.4 is 0 Å². The zero-order chi connectivity index (χ0) is 25.8. The molecule has 0 aliphatic rings. The van der Waals surface area contributed by atoms with Crippen molar-refractivity contribution in [1.29, 1.82) is 0 Å². The van der Waals surface area contributed by atoms with Crippen molar-refractivity contribution >= 4 is 24.2 Å². The number of allylic oxidation sites excluding steroid dienone is 5.